The normalized spacial score (nSPS) is 19.8. The number of rotatable bonds is 0. The molecule has 0 atom stereocenters. The number of halogens is 1. The first-order valence-corrected chi connectivity index (χ1v) is 3.60. The number of hydrogen-bond donors (Lipinski definition) is 0. The van der Waals surface area contributed by atoms with Crippen molar-refractivity contribution in [2.45, 2.75) is 19.8 Å². The largest absolute Gasteiger partial charge is 0.0730 e. The molecule has 8 heavy (non-hydrogen) atoms. The van der Waals surface area contributed by atoms with Gasteiger partial charge in [-0.25, -0.2) is 0 Å². The van der Waals surface area contributed by atoms with E-state index >= 15 is 0 Å². The molecule has 0 unspecified atom stereocenters. The molecule has 0 nitrogen and oxygen atoms in total. The van der Waals surface area contributed by atoms with Crippen LogP contribution in [0.1, 0.15) is 19.8 Å². The van der Waals surface area contributed by atoms with Gasteiger partial charge < -0.3 is 0 Å². The van der Waals surface area contributed by atoms with E-state index in [0.29, 0.717) is 0 Å². The van der Waals surface area contributed by atoms with Gasteiger partial charge in [-0.3, -0.25) is 0 Å². The second kappa shape index (κ2) is 2.49. The van der Waals surface area contributed by atoms with E-state index in [1.54, 1.807) is 0 Å². The van der Waals surface area contributed by atoms with Gasteiger partial charge in [0.1, 0.15) is 0 Å². The van der Waals surface area contributed by atoms with Crippen LogP contribution in [0.2, 0.25) is 0 Å². The minimum absolute atomic E-state index is 1.18. The van der Waals surface area contributed by atoms with Gasteiger partial charge in [-0.15, -0.1) is 0 Å². The van der Waals surface area contributed by atoms with Gasteiger partial charge in [0.25, 0.3) is 0 Å². The molecule has 0 bridgehead atoms. The molecule has 0 fully saturated rings. The molecule has 0 aliphatic heterocycles. The topological polar surface area (TPSA) is 0 Å². The zero-order valence-corrected chi connectivity index (χ0v) is 6.53. The van der Waals surface area contributed by atoms with Gasteiger partial charge in [0.05, 0.1) is 0 Å². The Morgan fingerprint density at radius 1 is 1.38 bits per heavy atom. The smallest absolute Gasteiger partial charge is 0.00462 e. The van der Waals surface area contributed by atoms with Crippen LogP contribution in [0.4, 0.5) is 0 Å². The molecular weight excluding hydrogens is 164 g/mol. The molecular formula is C7H9Br. The van der Waals surface area contributed by atoms with E-state index in [0.717, 1.165) is 0 Å². The van der Waals surface area contributed by atoms with E-state index in [4.69, 9.17) is 0 Å². The molecule has 0 amide bonds. The van der Waals surface area contributed by atoms with E-state index < -0.39 is 0 Å². The van der Waals surface area contributed by atoms with Crippen LogP contribution in [0, 0.1) is 0 Å². The molecule has 1 aliphatic carbocycles. The second-order valence-corrected chi connectivity index (χ2v) is 3.15. The Hall–Kier alpha value is -0.0400. The molecule has 1 aliphatic rings. The van der Waals surface area contributed by atoms with Crippen molar-refractivity contribution in [1.82, 2.24) is 0 Å². The Morgan fingerprint density at radius 2 is 2.12 bits per heavy atom. The fraction of sp³-hybridized carbons (Fsp3) is 0.429. The third kappa shape index (κ3) is 1.48. The van der Waals surface area contributed by atoms with Crippen molar-refractivity contribution in [2.75, 3.05) is 0 Å². The summed E-state index contributed by atoms with van der Waals surface area (Å²) in [5.41, 5.74) is 1.48. The highest BCUT2D eigenvalue weighted by Crippen LogP contribution is 2.21. The first-order chi connectivity index (χ1) is 3.79. The quantitative estimate of drug-likeness (QED) is 0.528. The Balaban J connectivity index is 2.65. The lowest BCUT2D eigenvalue weighted by Gasteiger charge is -2.04. The lowest BCUT2D eigenvalue weighted by molar-refractivity contribution is 0.953. The minimum Gasteiger partial charge on any atom is -0.0730 e. The molecule has 0 heterocycles. The zero-order valence-electron chi connectivity index (χ0n) is 4.95. The summed E-state index contributed by atoms with van der Waals surface area (Å²) >= 11 is 3.43. The lowest BCUT2D eigenvalue weighted by atomic mass is 10.1. The molecule has 1 rings (SSSR count). The predicted octanol–water partition coefficient (Wildman–Crippen LogP) is 3.01. The van der Waals surface area contributed by atoms with Crippen LogP contribution in [-0.4, -0.2) is 0 Å². The fourth-order valence-electron chi connectivity index (χ4n) is 0.716. The van der Waals surface area contributed by atoms with Crippen LogP contribution in [0.3, 0.4) is 0 Å². The molecule has 44 valence electrons. The molecule has 1 heteroatoms. The maximum absolute atomic E-state index is 3.43. The Morgan fingerprint density at radius 3 is 2.50 bits per heavy atom. The third-order valence-electron chi connectivity index (χ3n) is 1.31. The Kier molecular flexibility index (Phi) is 1.90. The van der Waals surface area contributed by atoms with Crippen molar-refractivity contribution in [3.63, 3.8) is 0 Å². The molecule has 0 radical (unpaired) electrons. The predicted molar refractivity (Wildman–Crippen MR) is 40.0 cm³/mol. The number of allylic oxidation sites excluding steroid dienone is 4. The molecule has 0 N–H and O–H groups in total. The maximum atomic E-state index is 3.43. The summed E-state index contributed by atoms with van der Waals surface area (Å²) in [6.07, 6.45) is 6.69. The number of hydrogen-bond acceptors (Lipinski definition) is 0. The highest BCUT2D eigenvalue weighted by molar-refractivity contribution is 9.11. The van der Waals surface area contributed by atoms with Crippen LogP contribution >= 0.6 is 15.9 Å². The van der Waals surface area contributed by atoms with E-state index in [2.05, 4.69) is 35.0 Å². The monoisotopic (exact) mass is 172 g/mol. The third-order valence-corrected chi connectivity index (χ3v) is 1.97. The summed E-state index contributed by atoms with van der Waals surface area (Å²) in [5.74, 6) is 0. The molecule has 0 aromatic carbocycles. The van der Waals surface area contributed by atoms with Crippen LogP contribution in [0.5, 0.6) is 0 Å². The molecule has 0 spiro atoms. The van der Waals surface area contributed by atoms with E-state index in [-0.39, 0.29) is 0 Å². The van der Waals surface area contributed by atoms with Crippen LogP contribution < -0.4 is 0 Å². The summed E-state index contributed by atoms with van der Waals surface area (Å²) in [5, 5.41) is 0. The van der Waals surface area contributed by atoms with Gasteiger partial charge in [-0.05, 0) is 24.2 Å². The van der Waals surface area contributed by atoms with Gasteiger partial charge in [-0.2, -0.15) is 0 Å². The Bertz CT molecular complexity index is 124. The first kappa shape index (κ1) is 6.09. The van der Waals surface area contributed by atoms with Gasteiger partial charge in [0.2, 0.25) is 0 Å². The van der Waals surface area contributed by atoms with Crippen molar-refractivity contribution >= 4 is 15.9 Å². The van der Waals surface area contributed by atoms with Gasteiger partial charge in [-0.1, -0.05) is 33.7 Å². The highest BCUT2D eigenvalue weighted by Gasteiger charge is 1.97. The van der Waals surface area contributed by atoms with Crippen LogP contribution in [-0.2, 0) is 0 Å². The lowest BCUT2D eigenvalue weighted by Crippen LogP contribution is -1.83. The molecule has 0 aromatic rings. The van der Waals surface area contributed by atoms with E-state index in [1.165, 1.54) is 22.9 Å². The first-order valence-electron chi connectivity index (χ1n) is 2.81. The van der Waals surface area contributed by atoms with Crippen molar-refractivity contribution in [2.24, 2.45) is 0 Å². The van der Waals surface area contributed by atoms with Gasteiger partial charge >= 0.3 is 0 Å². The summed E-state index contributed by atoms with van der Waals surface area (Å²) < 4.78 is 1.32. The standard InChI is InChI=1S/C7H9Br/c1-6-2-4-7(8)5-3-6/h2,4H,3,5H2,1H3. The SMILES string of the molecule is CC1=CC=C(Br)CC1. The summed E-state index contributed by atoms with van der Waals surface area (Å²) in [6.45, 7) is 2.16. The van der Waals surface area contributed by atoms with Crippen molar-refractivity contribution in [3.05, 3.63) is 22.2 Å². The van der Waals surface area contributed by atoms with Gasteiger partial charge in [0, 0.05) is 0 Å². The van der Waals surface area contributed by atoms with E-state index in [9.17, 15) is 0 Å². The molecule has 0 saturated heterocycles. The van der Waals surface area contributed by atoms with Crippen LogP contribution in [0.15, 0.2) is 22.2 Å². The van der Waals surface area contributed by atoms with Crippen molar-refractivity contribution < 1.29 is 0 Å². The maximum Gasteiger partial charge on any atom is -0.00462 e. The fourth-order valence-corrected chi connectivity index (χ4v) is 1.05. The highest BCUT2D eigenvalue weighted by atomic mass is 79.9. The van der Waals surface area contributed by atoms with Crippen LogP contribution in [0.25, 0.3) is 0 Å². The summed E-state index contributed by atoms with van der Waals surface area (Å²) in [7, 11) is 0. The second-order valence-electron chi connectivity index (χ2n) is 2.13. The summed E-state index contributed by atoms with van der Waals surface area (Å²) in [4.78, 5) is 0. The molecule has 0 aromatic heterocycles. The van der Waals surface area contributed by atoms with Crippen molar-refractivity contribution in [3.8, 4) is 0 Å². The average molecular weight is 173 g/mol. The van der Waals surface area contributed by atoms with E-state index in [1.807, 2.05) is 0 Å². The zero-order chi connectivity index (χ0) is 5.98. The van der Waals surface area contributed by atoms with Gasteiger partial charge in [0.15, 0.2) is 0 Å². The van der Waals surface area contributed by atoms with Crippen molar-refractivity contribution in [1.29, 1.82) is 0 Å². The minimum atomic E-state index is 1.18. The summed E-state index contributed by atoms with van der Waals surface area (Å²) in [6, 6.07) is 0. The Labute approximate surface area is 58.4 Å². The molecule has 0 saturated carbocycles. The average Bonchev–Trinajstić information content (AvgIpc) is 1.77.